The van der Waals surface area contributed by atoms with Gasteiger partial charge in [0, 0.05) is 23.4 Å². The van der Waals surface area contributed by atoms with Crippen LogP contribution in [-0.2, 0) is 16.1 Å². The Balaban J connectivity index is 1.01. The predicted octanol–water partition coefficient (Wildman–Crippen LogP) is 4.52. The molecule has 2 aliphatic heterocycles. The third kappa shape index (κ3) is 5.93. The SMILES string of the molecule is O=C1CCC(N2Cc3c(SCCCCNCCC4CC5CCCC(C5)C4)cccc3C2=O)C(=O)N1. The van der Waals surface area contributed by atoms with Gasteiger partial charge in [0.25, 0.3) is 5.91 Å². The molecule has 3 amide bonds. The standard InChI is InChI=1S/C28H39N3O3S/c32-26-10-9-24(27(33)30-26)31-18-23-22(28(31)34)7-4-8-25(23)35-14-2-1-12-29-13-11-21-16-19-5-3-6-20(15-19)17-21/h4,7-8,19-21,24,29H,1-3,5-6,9-18H2,(H,30,32,33). The maximum atomic E-state index is 13.0. The zero-order valence-electron chi connectivity index (χ0n) is 20.7. The summed E-state index contributed by atoms with van der Waals surface area (Å²) < 4.78 is 0. The first kappa shape index (κ1) is 24.8. The number of thioether (sulfide) groups is 1. The predicted molar refractivity (Wildman–Crippen MR) is 138 cm³/mol. The second kappa shape index (κ2) is 11.5. The van der Waals surface area contributed by atoms with Crippen molar-refractivity contribution >= 4 is 29.5 Å². The van der Waals surface area contributed by atoms with Gasteiger partial charge >= 0.3 is 0 Å². The van der Waals surface area contributed by atoms with E-state index in [1.807, 2.05) is 23.9 Å². The van der Waals surface area contributed by atoms with Crippen molar-refractivity contribution in [1.82, 2.24) is 15.5 Å². The van der Waals surface area contributed by atoms with Crippen LogP contribution in [-0.4, -0.2) is 47.5 Å². The first-order chi connectivity index (χ1) is 17.1. The van der Waals surface area contributed by atoms with E-state index in [0.29, 0.717) is 18.5 Å². The van der Waals surface area contributed by atoms with E-state index in [9.17, 15) is 14.4 Å². The summed E-state index contributed by atoms with van der Waals surface area (Å²) in [5, 5.41) is 6.05. The van der Waals surface area contributed by atoms with Gasteiger partial charge in [0.15, 0.2) is 0 Å². The highest BCUT2D eigenvalue weighted by atomic mass is 32.2. The smallest absolute Gasteiger partial charge is 0.255 e. The number of rotatable bonds is 10. The maximum Gasteiger partial charge on any atom is 0.255 e. The topological polar surface area (TPSA) is 78.5 Å². The number of amides is 3. The highest BCUT2D eigenvalue weighted by molar-refractivity contribution is 7.99. The molecular formula is C28H39N3O3S. The Morgan fingerprint density at radius 2 is 1.83 bits per heavy atom. The van der Waals surface area contributed by atoms with Crippen molar-refractivity contribution in [3.8, 4) is 0 Å². The van der Waals surface area contributed by atoms with Crippen molar-refractivity contribution in [2.24, 2.45) is 17.8 Å². The van der Waals surface area contributed by atoms with Crippen LogP contribution in [0, 0.1) is 17.8 Å². The van der Waals surface area contributed by atoms with Gasteiger partial charge in [-0.1, -0.05) is 25.3 Å². The quantitative estimate of drug-likeness (QED) is 0.282. The van der Waals surface area contributed by atoms with Crippen LogP contribution < -0.4 is 10.6 Å². The molecule has 3 fully saturated rings. The second-order valence-electron chi connectivity index (χ2n) is 11.0. The molecule has 35 heavy (non-hydrogen) atoms. The van der Waals surface area contributed by atoms with Gasteiger partial charge in [0.2, 0.25) is 11.8 Å². The second-order valence-corrected chi connectivity index (χ2v) is 12.1. The number of carbonyl (C=O) groups excluding carboxylic acids is 3. The minimum Gasteiger partial charge on any atom is -0.322 e. The van der Waals surface area contributed by atoms with Crippen LogP contribution in [0.3, 0.4) is 0 Å². The Labute approximate surface area is 213 Å². The molecule has 0 aromatic heterocycles. The summed E-state index contributed by atoms with van der Waals surface area (Å²) in [6, 6.07) is 5.33. The van der Waals surface area contributed by atoms with Crippen molar-refractivity contribution in [2.75, 3.05) is 18.8 Å². The molecule has 2 aliphatic carbocycles. The summed E-state index contributed by atoms with van der Waals surface area (Å²) in [5.41, 5.74) is 1.73. The molecule has 7 heteroatoms. The van der Waals surface area contributed by atoms with E-state index in [1.165, 1.54) is 51.4 Å². The summed E-state index contributed by atoms with van der Waals surface area (Å²) in [7, 11) is 0. The number of hydrogen-bond acceptors (Lipinski definition) is 5. The Hall–Kier alpha value is -1.86. The van der Waals surface area contributed by atoms with Crippen LogP contribution in [0.1, 0.15) is 86.6 Å². The van der Waals surface area contributed by atoms with E-state index in [4.69, 9.17) is 0 Å². The number of fused-ring (bicyclic) bond motifs is 3. The maximum absolute atomic E-state index is 13.0. The van der Waals surface area contributed by atoms with Gasteiger partial charge in [-0.3, -0.25) is 19.7 Å². The molecule has 0 radical (unpaired) electrons. The number of benzene rings is 1. The Morgan fingerprint density at radius 3 is 2.63 bits per heavy atom. The van der Waals surface area contributed by atoms with E-state index < -0.39 is 6.04 Å². The number of nitrogens with zero attached hydrogens (tertiary/aromatic N) is 1. The summed E-state index contributed by atoms with van der Waals surface area (Å²) in [6.45, 7) is 2.69. The molecule has 0 spiro atoms. The minimum absolute atomic E-state index is 0.0947. The fourth-order valence-corrected chi connectivity index (χ4v) is 7.85. The number of piperidine rings is 1. The first-order valence-corrected chi connectivity index (χ1v) is 14.7. The molecule has 4 aliphatic rings. The number of unbranched alkanes of at least 4 members (excludes halogenated alkanes) is 1. The highest BCUT2D eigenvalue weighted by Crippen LogP contribution is 2.43. The average Bonchev–Trinajstić information content (AvgIpc) is 3.17. The van der Waals surface area contributed by atoms with Crippen LogP contribution >= 0.6 is 11.8 Å². The molecule has 2 heterocycles. The molecule has 2 bridgehead atoms. The van der Waals surface area contributed by atoms with Crippen LogP contribution in [0.15, 0.2) is 23.1 Å². The van der Waals surface area contributed by atoms with E-state index in [0.717, 1.165) is 53.5 Å². The molecule has 6 nitrogen and oxygen atoms in total. The molecule has 3 unspecified atom stereocenters. The lowest BCUT2D eigenvalue weighted by molar-refractivity contribution is -0.136. The lowest BCUT2D eigenvalue weighted by atomic mass is 9.67. The van der Waals surface area contributed by atoms with Gasteiger partial charge in [-0.25, -0.2) is 0 Å². The van der Waals surface area contributed by atoms with Crippen molar-refractivity contribution in [3.05, 3.63) is 29.3 Å². The molecule has 3 atom stereocenters. The normalized spacial score (nSPS) is 28.2. The highest BCUT2D eigenvalue weighted by Gasteiger charge is 2.39. The van der Waals surface area contributed by atoms with E-state index in [1.54, 1.807) is 4.90 Å². The monoisotopic (exact) mass is 497 g/mol. The zero-order chi connectivity index (χ0) is 24.2. The molecular weight excluding hydrogens is 458 g/mol. The number of hydrogen-bond donors (Lipinski definition) is 2. The zero-order valence-corrected chi connectivity index (χ0v) is 21.5. The van der Waals surface area contributed by atoms with E-state index in [-0.39, 0.29) is 24.1 Å². The van der Waals surface area contributed by atoms with Gasteiger partial charge in [0.05, 0.1) is 0 Å². The molecule has 2 saturated carbocycles. The summed E-state index contributed by atoms with van der Waals surface area (Å²) in [6.07, 6.45) is 13.2. The van der Waals surface area contributed by atoms with Crippen molar-refractivity contribution in [3.63, 3.8) is 0 Å². The van der Waals surface area contributed by atoms with Crippen LogP contribution in [0.5, 0.6) is 0 Å². The van der Waals surface area contributed by atoms with Gasteiger partial charge in [-0.05, 0) is 99.2 Å². The molecule has 1 aromatic rings. The molecule has 2 N–H and O–H groups in total. The molecule has 190 valence electrons. The Bertz CT molecular complexity index is 939. The lowest BCUT2D eigenvalue weighted by Gasteiger charge is -2.39. The molecule has 5 rings (SSSR count). The van der Waals surface area contributed by atoms with Gasteiger partial charge in [-0.2, -0.15) is 0 Å². The van der Waals surface area contributed by atoms with Gasteiger partial charge in [0.1, 0.15) is 6.04 Å². The van der Waals surface area contributed by atoms with E-state index >= 15 is 0 Å². The minimum atomic E-state index is -0.551. The fraction of sp³-hybridized carbons (Fsp3) is 0.679. The number of imide groups is 1. The van der Waals surface area contributed by atoms with Crippen LogP contribution in [0.4, 0.5) is 0 Å². The van der Waals surface area contributed by atoms with E-state index in [2.05, 4.69) is 16.7 Å². The van der Waals surface area contributed by atoms with Gasteiger partial charge in [-0.15, -0.1) is 11.8 Å². The largest absolute Gasteiger partial charge is 0.322 e. The molecule has 1 saturated heterocycles. The summed E-state index contributed by atoms with van der Waals surface area (Å²) >= 11 is 1.81. The van der Waals surface area contributed by atoms with Gasteiger partial charge < -0.3 is 10.2 Å². The lowest BCUT2D eigenvalue weighted by Crippen LogP contribution is -2.52. The first-order valence-electron chi connectivity index (χ1n) is 13.7. The average molecular weight is 498 g/mol. The van der Waals surface area contributed by atoms with Crippen molar-refractivity contribution in [2.45, 2.75) is 88.1 Å². The van der Waals surface area contributed by atoms with Crippen molar-refractivity contribution in [1.29, 1.82) is 0 Å². The number of carbonyl (C=O) groups is 3. The van der Waals surface area contributed by atoms with Crippen LogP contribution in [0.2, 0.25) is 0 Å². The Morgan fingerprint density at radius 1 is 1.00 bits per heavy atom. The number of nitrogens with one attached hydrogen (secondary N) is 2. The fourth-order valence-electron chi connectivity index (χ4n) is 6.76. The molecule has 1 aromatic carbocycles. The summed E-state index contributed by atoms with van der Waals surface area (Å²) in [4.78, 5) is 39.5. The van der Waals surface area contributed by atoms with Crippen molar-refractivity contribution < 1.29 is 14.4 Å². The Kier molecular flexibility index (Phi) is 8.13. The summed E-state index contributed by atoms with van der Waals surface area (Å²) in [5.74, 6) is 3.32. The third-order valence-electron chi connectivity index (χ3n) is 8.50. The third-order valence-corrected chi connectivity index (χ3v) is 9.68. The van der Waals surface area contributed by atoms with Crippen LogP contribution in [0.25, 0.3) is 0 Å².